The zero-order valence-corrected chi connectivity index (χ0v) is 14.2. The van der Waals surface area contributed by atoms with Crippen molar-refractivity contribution in [1.82, 2.24) is 0 Å². The van der Waals surface area contributed by atoms with Gasteiger partial charge in [0.2, 0.25) is 0 Å². The lowest BCUT2D eigenvalue weighted by atomic mass is 10.0. The average Bonchev–Trinajstić information content (AvgIpc) is 2.36. The molecule has 0 spiro atoms. The van der Waals surface area contributed by atoms with Crippen LogP contribution in [0.15, 0.2) is 41.8 Å². The Hall–Kier alpha value is -2.07. The predicted molar refractivity (Wildman–Crippen MR) is 93.4 cm³/mol. The van der Waals surface area contributed by atoms with E-state index in [4.69, 9.17) is 0 Å². The van der Waals surface area contributed by atoms with Gasteiger partial charge in [-0.1, -0.05) is 29.8 Å². The Morgan fingerprint density at radius 2 is 1.55 bits per heavy atom. The molecule has 1 N–H and O–H groups in total. The van der Waals surface area contributed by atoms with Gasteiger partial charge in [0, 0.05) is 5.69 Å². The van der Waals surface area contributed by atoms with Crippen molar-refractivity contribution >= 4 is 21.8 Å². The number of benzene rings is 2. The maximum atomic E-state index is 12.2. The van der Waals surface area contributed by atoms with Gasteiger partial charge in [0.1, 0.15) is 0 Å². The van der Waals surface area contributed by atoms with Crippen LogP contribution in [0.1, 0.15) is 27.8 Å². The first-order valence-electron chi connectivity index (χ1n) is 7.12. The lowest BCUT2D eigenvalue weighted by molar-refractivity contribution is 0.609. The van der Waals surface area contributed by atoms with Crippen molar-refractivity contribution in [2.45, 2.75) is 27.7 Å². The van der Waals surface area contributed by atoms with Crippen molar-refractivity contribution in [2.24, 2.45) is 0 Å². The van der Waals surface area contributed by atoms with E-state index in [1.54, 1.807) is 18.2 Å². The van der Waals surface area contributed by atoms with E-state index in [9.17, 15) is 8.42 Å². The minimum atomic E-state index is -3.52. The molecule has 0 heterocycles. The fourth-order valence-electron chi connectivity index (χ4n) is 2.52. The lowest BCUT2D eigenvalue weighted by Crippen LogP contribution is -2.08. The molecule has 2 rings (SSSR count). The molecule has 0 fully saturated rings. The molecule has 2 aromatic carbocycles. The van der Waals surface area contributed by atoms with Crippen LogP contribution in [0.2, 0.25) is 0 Å². The lowest BCUT2D eigenvalue weighted by Gasteiger charge is -2.08. The van der Waals surface area contributed by atoms with Crippen LogP contribution in [0.3, 0.4) is 0 Å². The summed E-state index contributed by atoms with van der Waals surface area (Å²) >= 11 is 0. The van der Waals surface area contributed by atoms with Crippen molar-refractivity contribution in [1.29, 1.82) is 0 Å². The van der Waals surface area contributed by atoms with Gasteiger partial charge in [-0.15, -0.1) is 0 Å². The van der Waals surface area contributed by atoms with E-state index in [1.165, 1.54) is 11.0 Å². The van der Waals surface area contributed by atoms with Crippen molar-refractivity contribution in [3.05, 3.63) is 69.6 Å². The molecule has 0 amide bonds. The highest BCUT2D eigenvalue weighted by Crippen LogP contribution is 2.19. The monoisotopic (exact) mass is 315 g/mol. The smallest absolute Gasteiger partial charge is 0.255 e. The Labute approximate surface area is 132 Å². The molecule has 0 unspecified atom stereocenters. The highest BCUT2D eigenvalue weighted by molar-refractivity contribution is 7.95. The van der Waals surface area contributed by atoms with Crippen LogP contribution in [0, 0.1) is 27.7 Å². The third kappa shape index (κ3) is 4.21. The van der Waals surface area contributed by atoms with Crippen molar-refractivity contribution < 1.29 is 8.42 Å². The Morgan fingerprint density at radius 3 is 2.14 bits per heavy atom. The molecule has 0 aliphatic heterocycles. The first-order valence-corrected chi connectivity index (χ1v) is 8.67. The molecule has 0 aliphatic carbocycles. The van der Waals surface area contributed by atoms with Gasteiger partial charge >= 0.3 is 0 Å². The minimum Gasteiger partial charge on any atom is -0.280 e. The first-order chi connectivity index (χ1) is 10.3. The maximum Gasteiger partial charge on any atom is 0.255 e. The molecule has 2 aromatic rings. The molecular formula is C18H21NO2S. The second-order valence-corrected chi connectivity index (χ2v) is 7.20. The number of rotatable bonds is 4. The van der Waals surface area contributed by atoms with E-state index in [0.717, 1.165) is 22.3 Å². The van der Waals surface area contributed by atoms with E-state index in [-0.39, 0.29) is 0 Å². The SMILES string of the molecule is Cc1cccc(NS(=O)(=O)C=Cc2c(C)cc(C)cc2C)c1. The van der Waals surface area contributed by atoms with Crippen molar-refractivity contribution in [3.8, 4) is 0 Å². The average molecular weight is 315 g/mol. The second kappa shape index (κ2) is 6.36. The van der Waals surface area contributed by atoms with Crippen LogP contribution in [0.5, 0.6) is 0 Å². The molecular weight excluding hydrogens is 294 g/mol. The highest BCUT2D eigenvalue weighted by Gasteiger charge is 2.07. The first kappa shape index (κ1) is 16.3. The Morgan fingerprint density at radius 1 is 0.909 bits per heavy atom. The van der Waals surface area contributed by atoms with E-state index in [2.05, 4.69) is 4.72 Å². The number of hydrogen-bond donors (Lipinski definition) is 1. The Kier molecular flexibility index (Phi) is 4.71. The summed E-state index contributed by atoms with van der Waals surface area (Å²) in [7, 11) is -3.52. The third-order valence-corrected chi connectivity index (χ3v) is 4.44. The number of anilines is 1. The summed E-state index contributed by atoms with van der Waals surface area (Å²) in [6.07, 6.45) is 1.65. The van der Waals surface area contributed by atoms with Gasteiger partial charge in [-0.2, -0.15) is 0 Å². The Bertz CT molecular complexity index is 798. The minimum absolute atomic E-state index is 0.571. The van der Waals surface area contributed by atoms with Gasteiger partial charge in [-0.05, 0) is 68.2 Å². The van der Waals surface area contributed by atoms with Crippen molar-refractivity contribution in [3.63, 3.8) is 0 Å². The molecule has 0 aromatic heterocycles. The second-order valence-electron chi connectivity index (χ2n) is 5.63. The molecule has 0 radical (unpaired) electrons. The summed E-state index contributed by atoms with van der Waals surface area (Å²) in [4.78, 5) is 0. The molecule has 0 saturated carbocycles. The van der Waals surface area contributed by atoms with E-state index in [0.29, 0.717) is 5.69 Å². The topological polar surface area (TPSA) is 46.2 Å². The van der Waals surface area contributed by atoms with Crippen LogP contribution < -0.4 is 4.72 Å². The van der Waals surface area contributed by atoms with E-state index < -0.39 is 10.0 Å². The molecule has 22 heavy (non-hydrogen) atoms. The van der Waals surface area contributed by atoms with Crippen LogP contribution in [-0.2, 0) is 10.0 Å². The molecule has 4 heteroatoms. The molecule has 0 aliphatic rings. The van der Waals surface area contributed by atoms with Crippen LogP contribution >= 0.6 is 0 Å². The Balaban J connectivity index is 2.25. The summed E-state index contributed by atoms with van der Waals surface area (Å²) in [5.41, 5.74) is 5.84. The highest BCUT2D eigenvalue weighted by atomic mass is 32.2. The standard InChI is InChI=1S/C18H21NO2S/c1-13-6-5-7-17(12-13)19-22(20,21)9-8-18-15(3)10-14(2)11-16(18)4/h5-12,19H,1-4H3. The largest absolute Gasteiger partial charge is 0.280 e. The number of hydrogen-bond acceptors (Lipinski definition) is 2. The van der Waals surface area contributed by atoms with E-state index >= 15 is 0 Å². The number of sulfonamides is 1. The molecule has 116 valence electrons. The quantitative estimate of drug-likeness (QED) is 0.912. The zero-order valence-electron chi connectivity index (χ0n) is 13.3. The van der Waals surface area contributed by atoms with Crippen LogP contribution in [0.4, 0.5) is 5.69 Å². The predicted octanol–water partition coefficient (Wildman–Crippen LogP) is 4.33. The molecule has 0 saturated heterocycles. The summed E-state index contributed by atoms with van der Waals surface area (Å²) < 4.78 is 26.9. The van der Waals surface area contributed by atoms with Gasteiger partial charge in [-0.25, -0.2) is 8.42 Å². The van der Waals surface area contributed by atoms with Crippen molar-refractivity contribution in [2.75, 3.05) is 4.72 Å². The summed E-state index contributed by atoms with van der Waals surface area (Å²) in [5.74, 6) is 0. The number of aryl methyl sites for hydroxylation is 4. The summed E-state index contributed by atoms with van der Waals surface area (Å²) in [6, 6.07) is 11.4. The molecule has 3 nitrogen and oxygen atoms in total. The summed E-state index contributed by atoms with van der Waals surface area (Å²) in [5, 5.41) is 1.22. The van der Waals surface area contributed by atoms with Gasteiger partial charge in [0.05, 0.1) is 5.41 Å². The van der Waals surface area contributed by atoms with Crippen LogP contribution in [-0.4, -0.2) is 8.42 Å². The zero-order chi connectivity index (χ0) is 16.3. The fraction of sp³-hybridized carbons (Fsp3) is 0.222. The van der Waals surface area contributed by atoms with Gasteiger partial charge < -0.3 is 0 Å². The normalized spacial score (nSPS) is 11.8. The third-order valence-electron chi connectivity index (χ3n) is 3.43. The van der Waals surface area contributed by atoms with Gasteiger partial charge in [0.25, 0.3) is 10.0 Å². The number of nitrogens with one attached hydrogen (secondary N) is 1. The van der Waals surface area contributed by atoms with Crippen LogP contribution in [0.25, 0.3) is 6.08 Å². The summed E-state index contributed by atoms with van der Waals surface area (Å²) in [6.45, 7) is 7.93. The molecule has 0 bridgehead atoms. The van der Waals surface area contributed by atoms with Gasteiger partial charge in [-0.3, -0.25) is 4.72 Å². The van der Waals surface area contributed by atoms with E-state index in [1.807, 2.05) is 52.0 Å². The fourth-order valence-corrected chi connectivity index (χ4v) is 3.36. The van der Waals surface area contributed by atoms with Gasteiger partial charge in [0.15, 0.2) is 0 Å². The molecule has 0 atom stereocenters. The maximum absolute atomic E-state index is 12.2.